The first-order chi connectivity index (χ1) is 8.11. The van der Waals surface area contributed by atoms with E-state index in [4.69, 9.17) is 0 Å². The van der Waals surface area contributed by atoms with Gasteiger partial charge in [-0.1, -0.05) is 13.8 Å². The summed E-state index contributed by atoms with van der Waals surface area (Å²) in [6, 6.07) is -0.0137. The van der Waals surface area contributed by atoms with Crippen LogP contribution in [0.5, 0.6) is 0 Å². The maximum atomic E-state index is 11.6. The second-order valence-electron chi connectivity index (χ2n) is 4.74. The Morgan fingerprint density at radius 2 is 2.00 bits per heavy atom. The van der Waals surface area contributed by atoms with Crippen molar-refractivity contribution in [2.75, 3.05) is 19.6 Å². The first-order valence-electron chi connectivity index (χ1n) is 6.40. The lowest BCUT2D eigenvalue weighted by molar-refractivity contribution is -0.124. The Labute approximate surface area is 103 Å². The molecule has 0 aromatic heterocycles. The van der Waals surface area contributed by atoms with E-state index in [1.165, 1.54) is 0 Å². The molecule has 0 spiro atoms. The van der Waals surface area contributed by atoms with Gasteiger partial charge in [-0.3, -0.25) is 9.59 Å². The van der Waals surface area contributed by atoms with Gasteiger partial charge in [-0.2, -0.15) is 0 Å². The van der Waals surface area contributed by atoms with Crippen molar-refractivity contribution in [1.82, 2.24) is 16.0 Å². The number of carbonyl (C=O) groups excluding carboxylic acids is 2. The number of carbonyl (C=O) groups is 2. The zero-order chi connectivity index (χ0) is 12.7. The van der Waals surface area contributed by atoms with Crippen molar-refractivity contribution in [3.8, 4) is 0 Å². The normalized spacial score (nSPS) is 19.4. The molecule has 1 aliphatic heterocycles. The topological polar surface area (TPSA) is 70.2 Å². The minimum absolute atomic E-state index is 0.0137. The Morgan fingerprint density at radius 3 is 2.59 bits per heavy atom. The van der Waals surface area contributed by atoms with Gasteiger partial charge in [0.2, 0.25) is 11.8 Å². The fraction of sp³-hybridized carbons (Fsp3) is 0.833. The Bertz CT molecular complexity index is 260. The van der Waals surface area contributed by atoms with Gasteiger partial charge in [-0.05, 0) is 25.8 Å². The first-order valence-corrected chi connectivity index (χ1v) is 6.40. The SMILES string of the molecule is CC(C)C(=O)NCCCNC(=O)C1CCCN1. The van der Waals surface area contributed by atoms with Crippen LogP contribution in [-0.2, 0) is 9.59 Å². The Balaban J connectivity index is 2.00. The Hall–Kier alpha value is -1.10. The van der Waals surface area contributed by atoms with E-state index in [0.29, 0.717) is 13.1 Å². The Kier molecular flexibility index (Phi) is 5.97. The van der Waals surface area contributed by atoms with Gasteiger partial charge in [0.1, 0.15) is 0 Å². The van der Waals surface area contributed by atoms with E-state index in [1.807, 2.05) is 13.8 Å². The third-order valence-electron chi connectivity index (χ3n) is 2.85. The van der Waals surface area contributed by atoms with Crippen LogP contribution in [0.2, 0.25) is 0 Å². The van der Waals surface area contributed by atoms with Gasteiger partial charge in [-0.25, -0.2) is 0 Å². The summed E-state index contributed by atoms with van der Waals surface area (Å²) in [7, 11) is 0. The van der Waals surface area contributed by atoms with E-state index >= 15 is 0 Å². The number of amides is 2. The lowest BCUT2D eigenvalue weighted by Crippen LogP contribution is -2.41. The van der Waals surface area contributed by atoms with Gasteiger partial charge < -0.3 is 16.0 Å². The van der Waals surface area contributed by atoms with Crippen molar-refractivity contribution in [1.29, 1.82) is 0 Å². The van der Waals surface area contributed by atoms with Gasteiger partial charge in [0.05, 0.1) is 6.04 Å². The molecule has 1 atom stereocenters. The monoisotopic (exact) mass is 241 g/mol. The van der Waals surface area contributed by atoms with Crippen LogP contribution in [0.4, 0.5) is 0 Å². The molecule has 0 bridgehead atoms. The van der Waals surface area contributed by atoms with Gasteiger partial charge in [0.25, 0.3) is 0 Å². The molecule has 1 fully saturated rings. The lowest BCUT2D eigenvalue weighted by Gasteiger charge is -2.11. The van der Waals surface area contributed by atoms with E-state index < -0.39 is 0 Å². The fourth-order valence-corrected chi connectivity index (χ4v) is 1.75. The predicted molar refractivity (Wildman–Crippen MR) is 66.5 cm³/mol. The van der Waals surface area contributed by atoms with E-state index in [2.05, 4.69) is 16.0 Å². The number of hydrogen-bond acceptors (Lipinski definition) is 3. The van der Waals surface area contributed by atoms with E-state index in [-0.39, 0.29) is 23.8 Å². The van der Waals surface area contributed by atoms with Crippen LogP contribution in [0.3, 0.4) is 0 Å². The molecule has 98 valence electrons. The lowest BCUT2D eigenvalue weighted by atomic mass is 10.2. The molecule has 0 aromatic carbocycles. The summed E-state index contributed by atoms with van der Waals surface area (Å²) in [5, 5.41) is 8.84. The standard InChI is InChI=1S/C12H23N3O2/c1-9(2)11(16)14-7-4-8-15-12(17)10-5-3-6-13-10/h9-10,13H,3-8H2,1-2H3,(H,14,16)(H,15,17). The highest BCUT2D eigenvalue weighted by Crippen LogP contribution is 2.04. The zero-order valence-corrected chi connectivity index (χ0v) is 10.7. The highest BCUT2D eigenvalue weighted by atomic mass is 16.2. The molecule has 0 saturated carbocycles. The quantitative estimate of drug-likeness (QED) is 0.574. The summed E-state index contributed by atoms with van der Waals surface area (Å²) >= 11 is 0. The first kappa shape index (κ1) is 14.0. The summed E-state index contributed by atoms with van der Waals surface area (Å²) in [5.74, 6) is 0.166. The summed E-state index contributed by atoms with van der Waals surface area (Å²) in [5.41, 5.74) is 0. The van der Waals surface area contributed by atoms with E-state index in [1.54, 1.807) is 0 Å². The number of hydrogen-bond donors (Lipinski definition) is 3. The second-order valence-corrected chi connectivity index (χ2v) is 4.74. The minimum Gasteiger partial charge on any atom is -0.356 e. The molecule has 5 nitrogen and oxygen atoms in total. The average Bonchev–Trinajstić information content (AvgIpc) is 2.81. The van der Waals surface area contributed by atoms with Crippen molar-refractivity contribution >= 4 is 11.8 Å². The smallest absolute Gasteiger partial charge is 0.237 e. The van der Waals surface area contributed by atoms with Crippen LogP contribution in [-0.4, -0.2) is 37.5 Å². The van der Waals surface area contributed by atoms with Gasteiger partial charge in [-0.15, -0.1) is 0 Å². The average molecular weight is 241 g/mol. The molecular weight excluding hydrogens is 218 g/mol. The molecule has 0 aromatic rings. The van der Waals surface area contributed by atoms with Crippen LogP contribution >= 0.6 is 0 Å². The molecule has 1 saturated heterocycles. The molecular formula is C12H23N3O2. The summed E-state index contributed by atoms with van der Waals surface area (Å²) in [6.07, 6.45) is 2.77. The van der Waals surface area contributed by atoms with Crippen LogP contribution in [0, 0.1) is 5.92 Å². The maximum absolute atomic E-state index is 11.6. The molecule has 1 rings (SSSR count). The van der Waals surface area contributed by atoms with Crippen molar-refractivity contribution in [3.63, 3.8) is 0 Å². The molecule has 1 heterocycles. The highest BCUT2D eigenvalue weighted by molar-refractivity contribution is 5.82. The summed E-state index contributed by atoms with van der Waals surface area (Å²) < 4.78 is 0. The highest BCUT2D eigenvalue weighted by Gasteiger charge is 2.20. The second kappa shape index (κ2) is 7.27. The zero-order valence-electron chi connectivity index (χ0n) is 10.7. The summed E-state index contributed by atoms with van der Waals surface area (Å²) in [6.45, 7) is 5.90. The fourth-order valence-electron chi connectivity index (χ4n) is 1.75. The Morgan fingerprint density at radius 1 is 1.29 bits per heavy atom. The molecule has 0 aliphatic carbocycles. The van der Waals surface area contributed by atoms with Crippen LogP contribution in [0.1, 0.15) is 33.1 Å². The molecule has 0 radical (unpaired) electrons. The van der Waals surface area contributed by atoms with E-state index in [9.17, 15) is 9.59 Å². The van der Waals surface area contributed by atoms with Crippen molar-refractivity contribution < 1.29 is 9.59 Å². The molecule has 2 amide bonds. The maximum Gasteiger partial charge on any atom is 0.237 e. The molecule has 17 heavy (non-hydrogen) atoms. The van der Waals surface area contributed by atoms with Crippen molar-refractivity contribution in [3.05, 3.63) is 0 Å². The third-order valence-corrected chi connectivity index (χ3v) is 2.85. The van der Waals surface area contributed by atoms with Crippen LogP contribution in [0.15, 0.2) is 0 Å². The molecule has 1 unspecified atom stereocenters. The minimum atomic E-state index is -0.0137. The molecule has 5 heteroatoms. The predicted octanol–water partition coefficient (Wildman–Crippen LogP) is 0.0169. The van der Waals surface area contributed by atoms with Gasteiger partial charge >= 0.3 is 0 Å². The van der Waals surface area contributed by atoms with Crippen LogP contribution in [0.25, 0.3) is 0 Å². The summed E-state index contributed by atoms with van der Waals surface area (Å²) in [4.78, 5) is 22.8. The largest absolute Gasteiger partial charge is 0.356 e. The molecule has 1 aliphatic rings. The van der Waals surface area contributed by atoms with Gasteiger partial charge in [0.15, 0.2) is 0 Å². The number of nitrogens with one attached hydrogen (secondary N) is 3. The van der Waals surface area contributed by atoms with Gasteiger partial charge in [0, 0.05) is 19.0 Å². The molecule has 3 N–H and O–H groups in total. The number of rotatable bonds is 6. The van der Waals surface area contributed by atoms with E-state index in [0.717, 1.165) is 25.8 Å². The third kappa shape index (κ3) is 5.17. The van der Waals surface area contributed by atoms with Crippen LogP contribution < -0.4 is 16.0 Å². The van der Waals surface area contributed by atoms with Crippen molar-refractivity contribution in [2.45, 2.75) is 39.2 Å². The van der Waals surface area contributed by atoms with Crippen molar-refractivity contribution in [2.24, 2.45) is 5.92 Å².